The summed E-state index contributed by atoms with van der Waals surface area (Å²) in [7, 11) is 0. The van der Waals surface area contributed by atoms with E-state index in [-0.39, 0.29) is 6.10 Å². The molecule has 0 aliphatic carbocycles. The Hall–Kier alpha value is -0.720. The summed E-state index contributed by atoms with van der Waals surface area (Å²) >= 11 is 5.32. The Balaban J connectivity index is 1.97. The van der Waals surface area contributed by atoms with E-state index < -0.39 is 0 Å². The fourth-order valence-electron chi connectivity index (χ4n) is 2.15. The first-order chi connectivity index (χ1) is 8.66. The molecule has 1 fully saturated rings. The van der Waals surface area contributed by atoms with Gasteiger partial charge >= 0.3 is 0 Å². The number of nitrogens with zero attached hydrogens (tertiary/aromatic N) is 2. The van der Waals surface area contributed by atoms with Crippen LogP contribution in [0.5, 0.6) is 0 Å². The monoisotopic (exact) mass is 328 g/mol. The molecular weight excluding hydrogens is 316 g/mol. The van der Waals surface area contributed by atoms with E-state index in [1.807, 2.05) is 0 Å². The van der Waals surface area contributed by atoms with Gasteiger partial charge in [-0.3, -0.25) is 0 Å². The second-order valence-corrected chi connectivity index (χ2v) is 6.58. The van der Waals surface area contributed by atoms with Gasteiger partial charge in [0.25, 0.3) is 5.89 Å². The minimum atomic E-state index is -0.0231. The third-order valence-corrected chi connectivity index (χ3v) is 5.33. The molecule has 0 unspecified atom stereocenters. The summed E-state index contributed by atoms with van der Waals surface area (Å²) < 4.78 is 11.9. The molecule has 1 aliphatic rings. The number of hydrogen-bond acceptors (Lipinski definition) is 5. The lowest BCUT2D eigenvalue weighted by molar-refractivity contribution is 0.0835. The van der Waals surface area contributed by atoms with Crippen molar-refractivity contribution in [1.82, 2.24) is 10.1 Å². The van der Waals surface area contributed by atoms with Crippen molar-refractivity contribution in [2.45, 2.75) is 32.8 Å². The number of halogens is 1. The van der Waals surface area contributed by atoms with E-state index in [0.717, 1.165) is 29.5 Å². The van der Waals surface area contributed by atoms with Crippen LogP contribution in [0.4, 0.5) is 0 Å². The molecule has 3 heterocycles. The highest BCUT2D eigenvalue weighted by Crippen LogP contribution is 2.39. The molecule has 1 aliphatic heterocycles. The summed E-state index contributed by atoms with van der Waals surface area (Å²) in [5.41, 5.74) is 1.03. The molecule has 4 nitrogen and oxygen atoms in total. The fourth-order valence-corrected chi connectivity index (χ4v) is 3.95. The van der Waals surface area contributed by atoms with E-state index in [2.05, 4.69) is 39.9 Å². The third-order valence-electron chi connectivity index (χ3n) is 3.06. The van der Waals surface area contributed by atoms with Crippen LogP contribution in [0, 0.1) is 13.8 Å². The van der Waals surface area contributed by atoms with E-state index in [4.69, 9.17) is 9.26 Å². The summed E-state index contributed by atoms with van der Waals surface area (Å²) in [6.45, 7) is 4.93. The predicted octanol–water partition coefficient (Wildman–Crippen LogP) is 4.03. The summed E-state index contributed by atoms with van der Waals surface area (Å²) in [6, 6.07) is 0. The quantitative estimate of drug-likeness (QED) is 0.835. The van der Waals surface area contributed by atoms with Crippen LogP contribution in [0.15, 0.2) is 9.00 Å². The van der Waals surface area contributed by atoms with Crippen molar-refractivity contribution in [3.63, 3.8) is 0 Å². The number of aromatic nitrogens is 2. The molecule has 6 heteroatoms. The van der Waals surface area contributed by atoms with E-state index >= 15 is 0 Å². The highest BCUT2D eigenvalue weighted by molar-refractivity contribution is 9.10. The molecule has 3 rings (SSSR count). The van der Waals surface area contributed by atoms with Crippen molar-refractivity contribution in [3.8, 4) is 11.4 Å². The minimum Gasteiger partial charge on any atom is -0.368 e. The average Bonchev–Trinajstić information content (AvgIpc) is 3.01. The van der Waals surface area contributed by atoms with Gasteiger partial charge in [0.2, 0.25) is 5.82 Å². The van der Waals surface area contributed by atoms with E-state index in [9.17, 15) is 0 Å². The summed E-state index contributed by atoms with van der Waals surface area (Å²) in [6.07, 6.45) is 2.00. The van der Waals surface area contributed by atoms with Gasteiger partial charge in [-0.25, -0.2) is 0 Å². The van der Waals surface area contributed by atoms with Gasteiger partial charge < -0.3 is 9.26 Å². The molecule has 2 aromatic heterocycles. The van der Waals surface area contributed by atoms with Gasteiger partial charge in [0.05, 0.1) is 5.56 Å². The number of aryl methyl sites for hydroxylation is 2. The third kappa shape index (κ3) is 2.02. The van der Waals surface area contributed by atoms with Crippen LogP contribution in [0.25, 0.3) is 11.4 Å². The zero-order valence-electron chi connectivity index (χ0n) is 10.2. The number of rotatable bonds is 2. The van der Waals surface area contributed by atoms with Gasteiger partial charge in [0, 0.05) is 20.8 Å². The van der Waals surface area contributed by atoms with Crippen molar-refractivity contribution in [2.24, 2.45) is 0 Å². The maximum atomic E-state index is 5.55. The zero-order chi connectivity index (χ0) is 12.7. The van der Waals surface area contributed by atoms with Crippen molar-refractivity contribution >= 4 is 27.3 Å². The zero-order valence-corrected chi connectivity index (χ0v) is 12.6. The topological polar surface area (TPSA) is 48.2 Å². The van der Waals surface area contributed by atoms with Crippen LogP contribution in [-0.2, 0) is 4.74 Å². The van der Waals surface area contributed by atoms with Crippen molar-refractivity contribution in [1.29, 1.82) is 0 Å². The van der Waals surface area contributed by atoms with Crippen molar-refractivity contribution < 1.29 is 9.26 Å². The molecule has 0 N–H and O–H groups in total. The second-order valence-electron chi connectivity index (χ2n) is 4.36. The molecular formula is C12H13BrN2O2S. The molecule has 1 saturated heterocycles. The Morgan fingerprint density at radius 1 is 1.33 bits per heavy atom. The van der Waals surface area contributed by atoms with Gasteiger partial charge in [-0.1, -0.05) is 5.16 Å². The van der Waals surface area contributed by atoms with E-state index in [0.29, 0.717) is 11.7 Å². The highest BCUT2D eigenvalue weighted by Gasteiger charge is 2.25. The molecule has 0 amide bonds. The Labute approximate surface area is 117 Å². The number of ether oxygens (including phenoxy) is 1. The molecule has 2 aromatic rings. The molecule has 1 atom stereocenters. The first-order valence-corrected chi connectivity index (χ1v) is 7.49. The minimum absolute atomic E-state index is 0.0231. The Morgan fingerprint density at radius 3 is 2.78 bits per heavy atom. The SMILES string of the molecule is Cc1sc(C)c(-c2noc([C@H]3CCCO3)n2)c1Br. The Bertz CT molecular complexity index is 573. The highest BCUT2D eigenvalue weighted by atomic mass is 79.9. The molecule has 0 bridgehead atoms. The van der Waals surface area contributed by atoms with Gasteiger partial charge in [-0.05, 0) is 42.6 Å². The second kappa shape index (κ2) is 4.75. The Kier molecular flexibility index (Phi) is 3.25. The molecule has 96 valence electrons. The van der Waals surface area contributed by atoms with Crippen LogP contribution in [0.3, 0.4) is 0 Å². The van der Waals surface area contributed by atoms with Crippen LogP contribution in [0.1, 0.15) is 34.6 Å². The summed E-state index contributed by atoms with van der Waals surface area (Å²) in [5, 5.41) is 4.08. The standard InChI is InChI=1S/C12H13BrN2O2S/c1-6-9(10(13)7(2)18-6)11-14-12(17-15-11)8-4-3-5-16-8/h8H,3-5H2,1-2H3/t8-/m1/s1. The van der Waals surface area contributed by atoms with E-state index in [1.165, 1.54) is 9.75 Å². The first kappa shape index (κ1) is 12.3. The normalized spacial score (nSPS) is 19.6. The van der Waals surface area contributed by atoms with Gasteiger partial charge in [0.15, 0.2) is 0 Å². The smallest absolute Gasteiger partial charge is 0.256 e. The Morgan fingerprint density at radius 2 is 2.17 bits per heavy atom. The molecule has 18 heavy (non-hydrogen) atoms. The van der Waals surface area contributed by atoms with Gasteiger partial charge in [0.1, 0.15) is 6.10 Å². The van der Waals surface area contributed by atoms with Gasteiger partial charge in [-0.2, -0.15) is 4.98 Å². The molecule has 0 radical (unpaired) electrons. The van der Waals surface area contributed by atoms with E-state index in [1.54, 1.807) is 11.3 Å². The molecule has 0 saturated carbocycles. The lowest BCUT2D eigenvalue weighted by Gasteiger charge is -2.00. The predicted molar refractivity (Wildman–Crippen MR) is 72.7 cm³/mol. The summed E-state index contributed by atoms with van der Waals surface area (Å²) in [5.74, 6) is 1.24. The largest absolute Gasteiger partial charge is 0.368 e. The van der Waals surface area contributed by atoms with Crippen LogP contribution in [-0.4, -0.2) is 16.7 Å². The maximum absolute atomic E-state index is 5.55. The van der Waals surface area contributed by atoms with Crippen LogP contribution >= 0.6 is 27.3 Å². The maximum Gasteiger partial charge on any atom is 0.256 e. The van der Waals surface area contributed by atoms with Crippen LogP contribution < -0.4 is 0 Å². The summed E-state index contributed by atoms with van der Waals surface area (Å²) in [4.78, 5) is 6.89. The first-order valence-electron chi connectivity index (χ1n) is 5.88. The van der Waals surface area contributed by atoms with Gasteiger partial charge in [-0.15, -0.1) is 11.3 Å². The molecule has 0 spiro atoms. The van der Waals surface area contributed by atoms with Crippen molar-refractivity contribution in [3.05, 3.63) is 20.1 Å². The lowest BCUT2D eigenvalue weighted by atomic mass is 10.2. The lowest BCUT2D eigenvalue weighted by Crippen LogP contribution is -1.95. The number of thiophene rings is 1. The van der Waals surface area contributed by atoms with Crippen molar-refractivity contribution in [2.75, 3.05) is 6.61 Å². The average molecular weight is 329 g/mol. The number of hydrogen-bond donors (Lipinski definition) is 0. The molecule has 0 aromatic carbocycles. The fraction of sp³-hybridized carbons (Fsp3) is 0.500. The van der Waals surface area contributed by atoms with Crippen LogP contribution in [0.2, 0.25) is 0 Å².